The van der Waals surface area contributed by atoms with Crippen molar-refractivity contribution in [2.45, 2.75) is 32.2 Å². The molecule has 1 unspecified atom stereocenters. The average molecular weight is 338 g/mol. The Kier molecular flexibility index (Phi) is 5.12. The van der Waals surface area contributed by atoms with E-state index in [-0.39, 0.29) is 17.6 Å². The number of carboxylic acid groups (broad SMARTS) is 1. The third-order valence-corrected chi connectivity index (χ3v) is 4.92. The standard InChI is InChI=1S/C20H22N2O3/c1-14(16-8-3-2-4-9-16)22(13-15-6-5-7-15)19(23)17-10-11-21-18(12-17)20(24)25/h2-4,8-12,14-15H,5-7,13H2,1H3,(H,24,25). The third kappa shape index (κ3) is 3.87. The molecule has 3 rings (SSSR count). The highest BCUT2D eigenvalue weighted by atomic mass is 16.4. The second kappa shape index (κ2) is 7.47. The number of hydrogen-bond acceptors (Lipinski definition) is 3. The fraction of sp³-hybridized carbons (Fsp3) is 0.350. The zero-order valence-corrected chi connectivity index (χ0v) is 14.3. The highest BCUT2D eigenvalue weighted by Gasteiger charge is 2.28. The van der Waals surface area contributed by atoms with Gasteiger partial charge < -0.3 is 10.0 Å². The van der Waals surface area contributed by atoms with E-state index in [4.69, 9.17) is 5.11 Å². The molecule has 1 atom stereocenters. The van der Waals surface area contributed by atoms with Gasteiger partial charge in [0.2, 0.25) is 0 Å². The first-order valence-corrected chi connectivity index (χ1v) is 8.61. The first kappa shape index (κ1) is 17.1. The molecule has 0 aliphatic heterocycles. The van der Waals surface area contributed by atoms with Gasteiger partial charge in [-0.25, -0.2) is 9.78 Å². The summed E-state index contributed by atoms with van der Waals surface area (Å²) in [5.74, 6) is -0.750. The Morgan fingerprint density at radius 1 is 1.24 bits per heavy atom. The monoisotopic (exact) mass is 338 g/mol. The molecule has 1 aromatic carbocycles. The first-order valence-electron chi connectivity index (χ1n) is 8.61. The van der Waals surface area contributed by atoms with Gasteiger partial charge in [-0.3, -0.25) is 4.79 Å². The van der Waals surface area contributed by atoms with Gasteiger partial charge in [-0.15, -0.1) is 0 Å². The van der Waals surface area contributed by atoms with E-state index in [1.54, 1.807) is 6.07 Å². The van der Waals surface area contributed by atoms with E-state index in [2.05, 4.69) is 4.98 Å². The van der Waals surface area contributed by atoms with E-state index < -0.39 is 5.97 Å². The summed E-state index contributed by atoms with van der Waals surface area (Å²) in [5, 5.41) is 9.12. The van der Waals surface area contributed by atoms with Gasteiger partial charge in [0.1, 0.15) is 5.69 Å². The molecule has 0 spiro atoms. The molecule has 5 heteroatoms. The van der Waals surface area contributed by atoms with Crippen molar-refractivity contribution in [2.24, 2.45) is 5.92 Å². The van der Waals surface area contributed by atoms with E-state index in [0.717, 1.165) is 18.4 Å². The maximum atomic E-state index is 13.1. The highest BCUT2D eigenvalue weighted by molar-refractivity contribution is 5.96. The van der Waals surface area contributed by atoms with Crippen LogP contribution in [-0.4, -0.2) is 33.4 Å². The molecular formula is C20H22N2O3. The number of aromatic carboxylic acids is 1. The number of pyridine rings is 1. The Hall–Kier alpha value is -2.69. The van der Waals surface area contributed by atoms with Crippen molar-refractivity contribution in [1.29, 1.82) is 0 Å². The van der Waals surface area contributed by atoms with Crippen LogP contribution in [0.25, 0.3) is 0 Å². The SMILES string of the molecule is CC(c1ccccc1)N(CC1CCC1)C(=O)c1ccnc(C(=O)O)c1. The van der Waals surface area contributed by atoms with Crippen LogP contribution in [0.15, 0.2) is 48.7 Å². The van der Waals surface area contributed by atoms with Crippen LogP contribution >= 0.6 is 0 Å². The van der Waals surface area contributed by atoms with Gasteiger partial charge in [-0.05, 0) is 43.4 Å². The summed E-state index contributed by atoms with van der Waals surface area (Å²) in [6.45, 7) is 2.71. The van der Waals surface area contributed by atoms with Crippen LogP contribution in [0.2, 0.25) is 0 Å². The maximum absolute atomic E-state index is 13.1. The van der Waals surface area contributed by atoms with Crippen LogP contribution < -0.4 is 0 Å². The summed E-state index contributed by atoms with van der Waals surface area (Å²) in [7, 11) is 0. The number of hydrogen-bond donors (Lipinski definition) is 1. The molecule has 0 radical (unpaired) electrons. The predicted molar refractivity (Wildman–Crippen MR) is 94.4 cm³/mol. The van der Waals surface area contributed by atoms with Crippen molar-refractivity contribution in [3.8, 4) is 0 Å². The van der Waals surface area contributed by atoms with Gasteiger partial charge in [-0.1, -0.05) is 36.8 Å². The lowest BCUT2D eigenvalue weighted by molar-refractivity contribution is 0.0613. The zero-order valence-electron chi connectivity index (χ0n) is 14.3. The van der Waals surface area contributed by atoms with Crippen molar-refractivity contribution >= 4 is 11.9 Å². The number of amides is 1. The molecule has 5 nitrogen and oxygen atoms in total. The minimum Gasteiger partial charge on any atom is -0.477 e. The van der Waals surface area contributed by atoms with Gasteiger partial charge in [0.15, 0.2) is 0 Å². The number of carboxylic acids is 1. The van der Waals surface area contributed by atoms with Gasteiger partial charge in [0, 0.05) is 18.3 Å². The average Bonchev–Trinajstić information content (AvgIpc) is 2.61. The van der Waals surface area contributed by atoms with Crippen LogP contribution in [-0.2, 0) is 0 Å². The quantitative estimate of drug-likeness (QED) is 0.870. The predicted octanol–water partition coefficient (Wildman–Crippen LogP) is 3.78. The molecule has 1 heterocycles. The molecule has 0 bridgehead atoms. The van der Waals surface area contributed by atoms with Crippen LogP contribution in [0.1, 0.15) is 58.6 Å². The molecule has 130 valence electrons. The van der Waals surface area contributed by atoms with Gasteiger partial charge in [-0.2, -0.15) is 0 Å². The number of nitrogens with zero attached hydrogens (tertiary/aromatic N) is 2. The van der Waals surface area contributed by atoms with Crippen molar-refractivity contribution < 1.29 is 14.7 Å². The van der Waals surface area contributed by atoms with Crippen LogP contribution in [0, 0.1) is 5.92 Å². The number of rotatable bonds is 6. The van der Waals surface area contributed by atoms with E-state index >= 15 is 0 Å². The summed E-state index contributed by atoms with van der Waals surface area (Å²) in [5.41, 5.74) is 1.33. The zero-order chi connectivity index (χ0) is 17.8. The van der Waals surface area contributed by atoms with Crippen molar-refractivity contribution in [3.63, 3.8) is 0 Å². The summed E-state index contributed by atoms with van der Waals surface area (Å²) in [4.78, 5) is 29.9. The van der Waals surface area contributed by atoms with Gasteiger partial charge >= 0.3 is 5.97 Å². The fourth-order valence-corrected chi connectivity index (χ4v) is 3.13. The Morgan fingerprint density at radius 3 is 2.56 bits per heavy atom. The van der Waals surface area contributed by atoms with Crippen LogP contribution in [0.5, 0.6) is 0 Å². The normalized spacial score (nSPS) is 15.2. The number of carbonyl (C=O) groups is 2. The Balaban J connectivity index is 1.89. The third-order valence-electron chi connectivity index (χ3n) is 4.92. The summed E-state index contributed by atoms with van der Waals surface area (Å²) >= 11 is 0. The van der Waals surface area contributed by atoms with E-state index in [1.807, 2.05) is 42.2 Å². The number of benzene rings is 1. The van der Waals surface area contributed by atoms with Crippen LogP contribution in [0.4, 0.5) is 0 Å². The Morgan fingerprint density at radius 2 is 1.96 bits per heavy atom. The molecule has 1 aliphatic carbocycles. The lowest BCUT2D eigenvalue weighted by Crippen LogP contribution is -2.39. The minimum atomic E-state index is -1.13. The van der Waals surface area contributed by atoms with Gasteiger partial charge in [0.05, 0.1) is 6.04 Å². The minimum absolute atomic E-state index is 0.0734. The first-order chi connectivity index (χ1) is 12.1. The topological polar surface area (TPSA) is 70.5 Å². The van der Waals surface area contributed by atoms with Crippen LogP contribution in [0.3, 0.4) is 0 Å². The number of carbonyl (C=O) groups excluding carboxylic acids is 1. The van der Waals surface area contributed by atoms with E-state index in [9.17, 15) is 9.59 Å². The lowest BCUT2D eigenvalue weighted by Gasteiger charge is -2.36. The van der Waals surface area contributed by atoms with Crippen molar-refractivity contribution in [2.75, 3.05) is 6.54 Å². The van der Waals surface area contributed by atoms with E-state index in [0.29, 0.717) is 18.0 Å². The summed E-state index contributed by atoms with van der Waals surface area (Å²) in [6, 6.07) is 12.8. The highest BCUT2D eigenvalue weighted by Crippen LogP contribution is 2.31. The molecule has 0 saturated heterocycles. The van der Waals surface area contributed by atoms with E-state index in [1.165, 1.54) is 18.7 Å². The molecule has 1 N–H and O–H groups in total. The smallest absolute Gasteiger partial charge is 0.354 e. The lowest BCUT2D eigenvalue weighted by atomic mass is 9.84. The largest absolute Gasteiger partial charge is 0.477 e. The molecule has 1 fully saturated rings. The van der Waals surface area contributed by atoms with Gasteiger partial charge in [0.25, 0.3) is 5.91 Å². The molecule has 1 amide bonds. The molecule has 1 aromatic heterocycles. The molecule has 2 aromatic rings. The Bertz CT molecular complexity index is 757. The second-order valence-corrected chi connectivity index (χ2v) is 6.58. The fourth-order valence-electron chi connectivity index (χ4n) is 3.13. The second-order valence-electron chi connectivity index (χ2n) is 6.58. The molecule has 25 heavy (non-hydrogen) atoms. The maximum Gasteiger partial charge on any atom is 0.354 e. The Labute approximate surface area is 147 Å². The summed E-state index contributed by atoms with van der Waals surface area (Å²) < 4.78 is 0. The summed E-state index contributed by atoms with van der Waals surface area (Å²) in [6.07, 6.45) is 4.88. The molecule has 1 saturated carbocycles. The number of aromatic nitrogens is 1. The molecular weight excluding hydrogens is 316 g/mol. The van der Waals surface area contributed by atoms with Crippen molar-refractivity contribution in [3.05, 3.63) is 65.5 Å². The molecule has 1 aliphatic rings. The van der Waals surface area contributed by atoms with Crippen molar-refractivity contribution in [1.82, 2.24) is 9.88 Å².